The SMILES string of the molecule is CC1CCN(c2ccccc2F)CC(C)(C)N1. The van der Waals surface area contributed by atoms with Crippen molar-refractivity contribution in [2.45, 2.75) is 38.8 Å². The predicted octanol–water partition coefficient (Wildman–Crippen LogP) is 2.79. The molecule has 1 N–H and O–H groups in total. The quantitative estimate of drug-likeness (QED) is 0.806. The molecule has 0 aromatic heterocycles. The summed E-state index contributed by atoms with van der Waals surface area (Å²) in [5.41, 5.74) is 0.731. The summed E-state index contributed by atoms with van der Waals surface area (Å²) in [5.74, 6) is -0.127. The highest BCUT2D eigenvalue weighted by atomic mass is 19.1. The van der Waals surface area contributed by atoms with Crippen LogP contribution in [0, 0.1) is 5.82 Å². The molecule has 1 unspecified atom stereocenters. The van der Waals surface area contributed by atoms with Gasteiger partial charge in [-0.05, 0) is 39.3 Å². The Kier molecular flexibility index (Phi) is 3.38. The largest absolute Gasteiger partial charge is 0.367 e. The summed E-state index contributed by atoms with van der Waals surface area (Å²) in [5, 5.41) is 3.57. The van der Waals surface area contributed by atoms with Gasteiger partial charge in [0.2, 0.25) is 0 Å². The molecule has 3 heteroatoms. The van der Waals surface area contributed by atoms with Crippen LogP contribution in [0.25, 0.3) is 0 Å². The normalized spacial score (nSPS) is 24.5. The molecule has 1 saturated heterocycles. The molecule has 0 saturated carbocycles. The third-order valence-electron chi connectivity index (χ3n) is 3.25. The van der Waals surface area contributed by atoms with Crippen LogP contribution in [-0.4, -0.2) is 24.7 Å². The summed E-state index contributed by atoms with van der Waals surface area (Å²) < 4.78 is 13.8. The lowest BCUT2D eigenvalue weighted by Crippen LogP contribution is -2.49. The molecule has 1 aromatic rings. The lowest BCUT2D eigenvalue weighted by atomic mass is 10.0. The fourth-order valence-electron chi connectivity index (χ4n) is 2.60. The van der Waals surface area contributed by atoms with Crippen LogP contribution >= 0.6 is 0 Å². The summed E-state index contributed by atoms with van der Waals surface area (Å²) >= 11 is 0. The third-order valence-corrected chi connectivity index (χ3v) is 3.25. The minimum atomic E-state index is -0.127. The number of hydrogen-bond acceptors (Lipinski definition) is 2. The molecule has 1 aliphatic heterocycles. The van der Waals surface area contributed by atoms with Crippen molar-refractivity contribution in [1.29, 1.82) is 0 Å². The van der Waals surface area contributed by atoms with E-state index in [1.807, 2.05) is 12.1 Å². The highest BCUT2D eigenvalue weighted by Crippen LogP contribution is 2.23. The molecule has 1 aromatic carbocycles. The molecule has 0 bridgehead atoms. The molecule has 2 nitrogen and oxygen atoms in total. The number of halogens is 1. The summed E-state index contributed by atoms with van der Waals surface area (Å²) in [7, 11) is 0. The van der Waals surface area contributed by atoms with Gasteiger partial charge >= 0.3 is 0 Å². The molecule has 94 valence electrons. The van der Waals surface area contributed by atoms with Crippen molar-refractivity contribution in [2.24, 2.45) is 0 Å². The van der Waals surface area contributed by atoms with Crippen LogP contribution in [0.4, 0.5) is 10.1 Å². The molecule has 2 rings (SSSR count). The van der Waals surface area contributed by atoms with Crippen molar-refractivity contribution in [3.05, 3.63) is 30.1 Å². The number of anilines is 1. The molecule has 0 aliphatic carbocycles. The van der Waals surface area contributed by atoms with E-state index >= 15 is 0 Å². The number of nitrogens with zero attached hydrogens (tertiary/aromatic N) is 1. The van der Waals surface area contributed by atoms with Crippen LogP contribution in [0.3, 0.4) is 0 Å². The molecule has 0 amide bonds. The second-order valence-electron chi connectivity index (χ2n) is 5.59. The summed E-state index contributed by atoms with van der Waals surface area (Å²) in [6.07, 6.45) is 1.04. The number of para-hydroxylation sites is 1. The zero-order chi connectivity index (χ0) is 12.5. The van der Waals surface area contributed by atoms with Crippen LogP contribution in [0.1, 0.15) is 27.2 Å². The molecule has 17 heavy (non-hydrogen) atoms. The van der Waals surface area contributed by atoms with Crippen molar-refractivity contribution >= 4 is 5.69 Å². The van der Waals surface area contributed by atoms with E-state index in [9.17, 15) is 4.39 Å². The summed E-state index contributed by atoms with van der Waals surface area (Å²) in [6.45, 7) is 8.26. The van der Waals surface area contributed by atoms with Gasteiger partial charge in [-0.2, -0.15) is 0 Å². The Morgan fingerprint density at radius 3 is 2.76 bits per heavy atom. The van der Waals surface area contributed by atoms with Gasteiger partial charge in [-0.3, -0.25) is 0 Å². The smallest absolute Gasteiger partial charge is 0.146 e. The Balaban J connectivity index is 2.24. The first-order valence-electron chi connectivity index (χ1n) is 6.25. The average Bonchev–Trinajstić information content (AvgIpc) is 2.37. The lowest BCUT2D eigenvalue weighted by molar-refractivity contribution is 0.368. The molecule has 0 radical (unpaired) electrons. The van der Waals surface area contributed by atoms with E-state index in [-0.39, 0.29) is 11.4 Å². The fraction of sp³-hybridized carbons (Fsp3) is 0.571. The van der Waals surface area contributed by atoms with Crippen molar-refractivity contribution in [2.75, 3.05) is 18.0 Å². The average molecular weight is 236 g/mol. The third kappa shape index (κ3) is 2.97. The zero-order valence-corrected chi connectivity index (χ0v) is 10.8. The predicted molar refractivity (Wildman–Crippen MR) is 69.9 cm³/mol. The van der Waals surface area contributed by atoms with Crippen LogP contribution < -0.4 is 10.2 Å². The maximum absolute atomic E-state index is 13.8. The highest BCUT2D eigenvalue weighted by Gasteiger charge is 2.28. The monoisotopic (exact) mass is 236 g/mol. The molecular formula is C14H21FN2. The molecule has 1 atom stereocenters. The van der Waals surface area contributed by atoms with Gasteiger partial charge in [0.1, 0.15) is 5.82 Å². The van der Waals surface area contributed by atoms with Crippen molar-refractivity contribution in [3.63, 3.8) is 0 Å². The number of nitrogens with one attached hydrogen (secondary N) is 1. The molecule has 0 spiro atoms. The Morgan fingerprint density at radius 1 is 1.35 bits per heavy atom. The van der Waals surface area contributed by atoms with Gasteiger partial charge in [0.15, 0.2) is 0 Å². The minimum absolute atomic E-state index is 0.0121. The Labute approximate surface area is 103 Å². The van der Waals surface area contributed by atoms with E-state index in [0.29, 0.717) is 6.04 Å². The number of benzene rings is 1. The van der Waals surface area contributed by atoms with Crippen LogP contribution in [0.15, 0.2) is 24.3 Å². The van der Waals surface area contributed by atoms with E-state index in [0.717, 1.165) is 25.2 Å². The minimum Gasteiger partial charge on any atom is -0.367 e. The van der Waals surface area contributed by atoms with E-state index < -0.39 is 0 Å². The van der Waals surface area contributed by atoms with Gasteiger partial charge in [0.05, 0.1) is 5.69 Å². The zero-order valence-electron chi connectivity index (χ0n) is 10.8. The van der Waals surface area contributed by atoms with Crippen LogP contribution in [0.5, 0.6) is 0 Å². The van der Waals surface area contributed by atoms with Gasteiger partial charge in [-0.15, -0.1) is 0 Å². The van der Waals surface area contributed by atoms with E-state index in [2.05, 4.69) is 31.0 Å². The van der Waals surface area contributed by atoms with Crippen molar-refractivity contribution < 1.29 is 4.39 Å². The Morgan fingerprint density at radius 2 is 2.06 bits per heavy atom. The van der Waals surface area contributed by atoms with Gasteiger partial charge in [0, 0.05) is 24.7 Å². The number of hydrogen-bond donors (Lipinski definition) is 1. The first-order chi connectivity index (χ1) is 7.98. The topological polar surface area (TPSA) is 15.3 Å². The second-order valence-corrected chi connectivity index (χ2v) is 5.59. The molecule has 1 aliphatic rings. The maximum atomic E-state index is 13.8. The van der Waals surface area contributed by atoms with E-state index in [4.69, 9.17) is 0 Å². The van der Waals surface area contributed by atoms with Gasteiger partial charge < -0.3 is 10.2 Å². The first kappa shape index (κ1) is 12.4. The summed E-state index contributed by atoms with van der Waals surface area (Å²) in [4.78, 5) is 2.14. The Hall–Kier alpha value is -1.09. The Bertz CT molecular complexity index is 390. The highest BCUT2D eigenvalue weighted by molar-refractivity contribution is 5.48. The van der Waals surface area contributed by atoms with E-state index in [1.165, 1.54) is 6.07 Å². The number of rotatable bonds is 1. The lowest BCUT2D eigenvalue weighted by Gasteiger charge is -2.32. The van der Waals surface area contributed by atoms with Crippen molar-refractivity contribution in [3.8, 4) is 0 Å². The van der Waals surface area contributed by atoms with Gasteiger partial charge in [0.25, 0.3) is 0 Å². The standard InChI is InChI=1S/C14H21FN2/c1-11-8-9-17(10-14(2,3)16-11)13-7-5-4-6-12(13)15/h4-7,11,16H,8-10H2,1-3H3. The fourth-order valence-corrected chi connectivity index (χ4v) is 2.60. The first-order valence-corrected chi connectivity index (χ1v) is 6.25. The molecular weight excluding hydrogens is 215 g/mol. The molecule has 1 fully saturated rings. The molecule has 1 heterocycles. The maximum Gasteiger partial charge on any atom is 0.146 e. The van der Waals surface area contributed by atoms with Gasteiger partial charge in [-0.1, -0.05) is 12.1 Å². The summed E-state index contributed by atoms with van der Waals surface area (Å²) in [6, 6.07) is 7.50. The van der Waals surface area contributed by atoms with Crippen LogP contribution in [-0.2, 0) is 0 Å². The van der Waals surface area contributed by atoms with Gasteiger partial charge in [-0.25, -0.2) is 4.39 Å². The van der Waals surface area contributed by atoms with Crippen LogP contribution in [0.2, 0.25) is 0 Å². The second kappa shape index (κ2) is 4.65. The van der Waals surface area contributed by atoms with Crippen molar-refractivity contribution in [1.82, 2.24) is 5.32 Å². The van der Waals surface area contributed by atoms with E-state index in [1.54, 1.807) is 6.07 Å².